The number of rotatable bonds is 28. The highest BCUT2D eigenvalue weighted by Gasteiger charge is 2.23. The van der Waals surface area contributed by atoms with Crippen molar-refractivity contribution in [1.82, 2.24) is 59.5 Å². The van der Waals surface area contributed by atoms with E-state index in [4.69, 9.17) is 26.7 Å². The summed E-state index contributed by atoms with van der Waals surface area (Å²) in [6, 6.07) is 16.8. The zero-order chi connectivity index (χ0) is 53.4. The number of ether oxygens (including phenoxy) is 2. The molecule has 76 heavy (non-hydrogen) atoms. The minimum atomic E-state index is -0.297. The van der Waals surface area contributed by atoms with Crippen LogP contribution in [0.1, 0.15) is 126 Å². The van der Waals surface area contributed by atoms with Crippen LogP contribution in [-0.2, 0) is 35.8 Å². The maximum absolute atomic E-state index is 12.9. The van der Waals surface area contributed by atoms with Gasteiger partial charge in [-0.2, -0.15) is 19.9 Å². The van der Waals surface area contributed by atoms with Crippen molar-refractivity contribution in [2.75, 3.05) is 63.9 Å². The number of hydrogen-bond donors (Lipinski definition) is 7. The van der Waals surface area contributed by atoms with Gasteiger partial charge < -0.3 is 47.3 Å². The lowest BCUT2D eigenvalue weighted by Gasteiger charge is -2.32. The lowest BCUT2D eigenvalue weighted by Crippen LogP contribution is -2.35. The summed E-state index contributed by atoms with van der Waals surface area (Å²) in [5.41, 5.74) is 24.1. The summed E-state index contributed by atoms with van der Waals surface area (Å²) in [5, 5.41) is 6.19. The van der Waals surface area contributed by atoms with Gasteiger partial charge in [0.2, 0.25) is 11.8 Å². The first-order valence-corrected chi connectivity index (χ1v) is 27.6. The molecule has 6 heterocycles. The number of nitrogens with one attached hydrogen (secondary N) is 4. The van der Waals surface area contributed by atoms with Crippen LogP contribution in [-0.4, -0.2) is 119 Å². The molecule has 2 fully saturated rings. The summed E-state index contributed by atoms with van der Waals surface area (Å²) in [5.74, 6) is 1.53. The minimum absolute atomic E-state index is 0.0138. The fourth-order valence-corrected chi connectivity index (χ4v) is 10.1. The molecule has 0 spiro atoms. The maximum atomic E-state index is 12.9. The first-order chi connectivity index (χ1) is 36.9. The number of fused-ring (bicyclic) bond motifs is 2. The molecule has 21 heteroatoms. The monoisotopic (exact) mass is 1050 g/mol. The Morgan fingerprint density at radius 2 is 0.974 bits per heavy atom. The second kappa shape index (κ2) is 27.3. The van der Waals surface area contributed by atoms with Gasteiger partial charge in [0.25, 0.3) is 0 Å². The predicted octanol–water partition coefficient (Wildman–Crippen LogP) is 5.20. The summed E-state index contributed by atoms with van der Waals surface area (Å²) in [6.07, 6.45) is 11.8. The van der Waals surface area contributed by atoms with Gasteiger partial charge in [0.15, 0.2) is 22.9 Å². The first kappa shape index (κ1) is 55.4. The van der Waals surface area contributed by atoms with Crippen LogP contribution in [0.3, 0.4) is 0 Å². The zero-order valence-corrected chi connectivity index (χ0v) is 44.5. The van der Waals surface area contributed by atoms with E-state index >= 15 is 0 Å². The van der Waals surface area contributed by atoms with Crippen molar-refractivity contribution in [3.63, 3.8) is 0 Å². The van der Waals surface area contributed by atoms with Gasteiger partial charge >= 0.3 is 23.4 Å². The highest BCUT2D eigenvalue weighted by Crippen LogP contribution is 2.25. The van der Waals surface area contributed by atoms with Crippen molar-refractivity contribution in [3.8, 4) is 12.0 Å². The molecule has 0 atom stereocenters. The number of carbonyl (C=O) groups excluding carboxylic acids is 2. The van der Waals surface area contributed by atoms with Gasteiger partial charge in [-0.15, -0.1) is 0 Å². The van der Waals surface area contributed by atoms with Crippen LogP contribution in [0.25, 0.3) is 22.3 Å². The van der Waals surface area contributed by atoms with Crippen LogP contribution in [0.2, 0.25) is 0 Å². The number of nitrogen functional groups attached to an aromatic ring is 2. The molecule has 0 radical (unpaired) electrons. The van der Waals surface area contributed by atoms with E-state index in [0.29, 0.717) is 99.2 Å². The maximum Gasteiger partial charge on any atom is 0.328 e. The number of likely N-dealkylation sites (tertiary alicyclic amines) is 2. The normalized spacial score (nSPS) is 15.0. The number of hydrogen-bond acceptors (Lipinski definition) is 15. The van der Waals surface area contributed by atoms with Gasteiger partial charge in [0.1, 0.15) is 11.0 Å². The van der Waals surface area contributed by atoms with Gasteiger partial charge in [0, 0.05) is 45.1 Å². The first-order valence-electron chi connectivity index (χ1n) is 27.6. The Labute approximate surface area is 444 Å². The van der Waals surface area contributed by atoms with Crippen molar-refractivity contribution in [1.29, 1.82) is 0 Å². The Bertz CT molecular complexity index is 2740. The third-order valence-electron chi connectivity index (χ3n) is 14.9. The van der Waals surface area contributed by atoms with E-state index in [1.165, 1.54) is 11.1 Å². The zero-order valence-electron chi connectivity index (χ0n) is 44.5. The van der Waals surface area contributed by atoms with Crippen LogP contribution < -0.4 is 48.7 Å². The summed E-state index contributed by atoms with van der Waals surface area (Å²) in [4.78, 5) is 79.0. The van der Waals surface area contributed by atoms with Crippen LogP contribution in [0.4, 0.5) is 11.6 Å². The number of unbranched alkanes of at least 4 members (excludes halogenated alkanes) is 2. The third kappa shape index (κ3) is 15.6. The number of aromatic nitrogens is 8. The molecule has 8 rings (SSSR count). The molecular weight excluding hydrogens is 967 g/mol. The molecule has 21 nitrogen and oxygen atoms in total. The fraction of sp³-hybridized carbons (Fsp3) is 0.564. The van der Waals surface area contributed by atoms with Crippen molar-refractivity contribution in [3.05, 3.63) is 91.8 Å². The van der Waals surface area contributed by atoms with E-state index in [0.717, 1.165) is 115 Å². The molecule has 0 aliphatic carbocycles. The number of imidazole rings is 2. The van der Waals surface area contributed by atoms with Crippen molar-refractivity contribution in [2.45, 2.75) is 136 Å². The largest absolute Gasteiger partial charge is 0.463 e. The second-order valence-electron chi connectivity index (χ2n) is 20.8. The van der Waals surface area contributed by atoms with Crippen LogP contribution in [0, 0.1) is 11.8 Å². The van der Waals surface area contributed by atoms with Gasteiger partial charge in [0.05, 0.1) is 26.3 Å². The van der Waals surface area contributed by atoms with E-state index in [1.807, 2.05) is 0 Å². The molecule has 0 saturated carbocycles. The highest BCUT2D eigenvalue weighted by molar-refractivity contribution is 5.83. The van der Waals surface area contributed by atoms with Crippen molar-refractivity contribution in [2.24, 2.45) is 17.6 Å². The molecule has 4 aromatic heterocycles. The number of H-pyrrole nitrogens is 2. The molecule has 410 valence electrons. The average molecular weight is 1050 g/mol. The lowest BCUT2D eigenvalue weighted by atomic mass is 9.93. The summed E-state index contributed by atoms with van der Waals surface area (Å²) >= 11 is 0. The molecule has 0 bridgehead atoms. The molecule has 6 aromatic rings. The Balaban J connectivity index is 0.641. The number of nitrogens with two attached hydrogens (primary N) is 3. The lowest BCUT2D eigenvalue weighted by molar-refractivity contribution is -0.121. The number of aromatic amines is 2. The molecule has 2 amide bonds. The van der Waals surface area contributed by atoms with Gasteiger partial charge in [-0.05, 0) is 124 Å². The number of piperidine rings is 2. The second-order valence-corrected chi connectivity index (χ2v) is 20.8. The van der Waals surface area contributed by atoms with Crippen molar-refractivity contribution < 1.29 is 19.1 Å². The molecule has 2 saturated heterocycles. The number of carbonyl (C=O) groups is 2. The molecule has 2 aromatic carbocycles. The molecule has 2 aliphatic heterocycles. The third-order valence-corrected chi connectivity index (χ3v) is 14.9. The molecular formula is C55H79N15O6. The van der Waals surface area contributed by atoms with Crippen LogP contribution >= 0.6 is 0 Å². The Kier molecular flexibility index (Phi) is 19.9. The highest BCUT2D eigenvalue weighted by atomic mass is 16.5. The van der Waals surface area contributed by atoms with Crippen LogP contribution in [0.15, 0.2) is 58.1 Å². The number of amides is 2. The standard InChI is InChI=1S/C55H79N15O6/c1-3-5-31-75-52-63-48(57)46-50(65-52)69(54(73)61-46)35-41-11-7-39(8-12-41)33-67-27-21-37(22-28-67)19-25-59-44(71)17-15-43(56)16-18-45(72)60-26-20-38-23-29-68(30-24-38)34-40-9-13-42(14-10-40)36-70-51-47(62-55(70)74)49(58)64-53(66-51)76-32-6-4-2/h7-14,37-38,43H,3-6,15-36,56H2,1-2H3,(H,59,71)(H,60,72)(H,61,73)(H,62,74)(H2,57,63,65)(H2,58,64,66). The molecule has 2 aliphatic rings. The SMILES string of the molecule is CCCCOc1nc(N)c2[nH]c(=O)n(Cc3ccc(CN4CCC(CCNC(=O)CCC(N)CCC(=O)NCCC5CCN(Cc6ccc(Cn7c(=O)[nH]c8c(N)nc(OCCCC)nc87)cc6)CC5)CC4)cc3)c2n1. The predicted molar refractivity (Wildman–Crippen MR) is 295 cm³/mol. The van der Waals surface area contributed by atoms with Gasteiger partial charge in [-0.3, -0.25) is 28.5 Å². The van der Waals surface area contributed by atoms with E-state index in [1.54, 1.807) is 9.13 Å². The Hall–Kier alpha value is -6.84. The van der Waals surface area contributed by atoms with E-state index in [9.17, 15) is 19.2 Å². The molecule has 10 N–H and O–H groups in total. The molecule has 0 unspecified atom stereocenters. The smallest absolute Gasteiger partial charge is 0.328 e. The number of nitrogens with zero attached hydrogens (tertiary/aromatic N) is 8. The number of anilines is 2. The van der Waals surface area contributed by atoms with E-state index in [-0.39, 0.29) is 52.9 Å². The Morgan fingerprint density at radius 1 is 0.605 bits per heavy atom. The average Bonchev–Trinajstić information content (AvgIpc) is 3.91. The van der Waals surface area contributed by atoms with Crippen LogP contribution in [0.5, 0.6) is 12.0 Å². The van der Waals surface area contributed by atoms with Gasteiger partial charge in [-0.1, -0.05) is 75.2 Å². The van der Waals surface area contributed by atoms with Crippen molar-refractivity contribution >= 4 is 45.8 Å². The minimum Gasteiger partial charge on any atom is -0.463 e. The van der Waals surface area contributed by atoms with E-state index < -0.39 is 0 Å². The Morgan fingerprint density at radius 3 is 1.34 bits per heavy atom. The number of benzene rings is 2. The van der Waals surface area contributed by atoms with Gasteiger partial charge in [-0.25, -0.2) is 9.59 Å². The van der Waals surface area contributed by atoms with E-state index in [2.05, 4.69) is 113 Å². The fourth-order valence-electron chi connectivity index (χ4n) is 10.1. The summed E-state index contributed by atoms with van der Waals surface area (Å²) in [7, 11) is 0. The summed E-state index contributed by atoms with van der Waals surface area (Å²) < 4.78 is 14.5. The quantitative estimate of drug-likeness (QED) is 0.0311. The summed E-state index contributed by atoms with van der Waals surface area (Å²) in [6.45, 7) is 12.8. The topological polar surface area (TPSA) is 288 Å².